The summed E-state index contributed by atoms with van der Waals surface area (Å²) in [7, 11) is 5.13. The Morgan fingerprint density at radius 3 is 2.19 bits per heavy atom. The molecule has 0 spiro atoms. The van der Waals surface area contributed by atoms with Crippen molar-refractivity contribution >= 4 is 52.6 Å². The lowest BCUT2D eigenvalue weighted by Crippen LogP contribution is -2.55. The van der Waals surface area contributed by atoms with Crippen molar-refractivity contribution in [1.82, 2.24) is 51.9 Å². The lowest BCUT2D eigenvalue weighted by Gasteiger charge is -2.25. The summed E-state index contributed by atoms with van der Waals surface area (Å²) in [5.74, 6) is -3.72. The van der Waals surface area contributed by atoms with E-state index < -0.39 is 59.7 Å². The number of amides is 7. The molecule has 0 radical (unpaired) electrons. The molecule has 0 aliphatic heterocycles. The number of nitrogens with one attached hydrogen (secondary N) is 7. The van der Waals surface area contributed by atoms with Crippen molar-refractivity contribution in [3.05, 3.63) is 30.1 Å². The van der Waals surface area contributed by atoms with Gasteiger partial charge in [-0.3, -0.25) is 34.2 Å². The number of hydrogen-bond acceptors (Lipinski definition) is 12. The van der Waals surface area contributed by atoms with Crippen LogP contribution in [0.25, 0.3) is 11.0 Å². The van der Waals surface area contributed by atoms with Crippen LogP contribution in [0, 0.1) is 5.92 Å². The van der Waals surface area contributed by atoms with Crippen molar-refractivity contribution in [3.8, 4) is 0 Å². The van der Waals surface area contributed by atoms with Gasteiger partial charge in [-0.1, -0.05) is 13.8 Å². The molecule has 7 amide bonds. The van der Waals surface area contributed by atoms with Gasteiger partial charge in [0.25, 0.3) is 0 Å². The Labute approximate surface area is 338 Å². The first kappa shape index (κ1) is 48.8. The van der Waals surface area contributed by atoms with Crippen molar-refractivity contribution in [2.75, 3.05) is 60.7 Å². The van der Waals surface area contributed by atoms with Crippen LogP contribution < -0.4 is 43.1 Å². The number of aromatic nitrogens is 2. The fourth-order valence-corrected chi connectivity index (χ4v) is 5.72. The third kappa shape index (κ3) is 18.3. The fraction of sp³-hybridized carbons (Fsp3) is 0.622. The quantitative estimate of drug-likeness (QED) is 0.0341. The highest BCUT2D eigenvalue weighted by molar-refractivity contribution is 5.92. The molecule has 0 aliphatic rings. The highest BCUT2D eigenvalue weighted by Gasteiger charge is 2.28. The second-order valence-electron chi connectivity index (χ2n) is 13.7. The molecular formula is C37H61N11O10. The summed E-state index contributed by atoms with van der Waals surface area (Å²) in [6.45, 7) is 5.13. The number of nitrogens with zero attached hydrogens (tertiary/aromatic N) is 3. The Balaban J connectivity index is 1.74. The average Bonchev–Trinajstić information content (AvgIpc) is 3.53. The van der Waals surface area contributed by atoms with Crippen LogP contribution in [0.4, 0.5) is 4.79 Å². The minimum Gasteiger partial charge on any atom is -0.481 e. The molecule has 0 fully saturated rings. The first-order chi connectivity index (χ1) is 27.7. The average molecular weight is 820 g/mol. The Morgan fingerprint density at radius 2 is 1.53 bits per heavy atom. The number of hydrazine groups is 1. The fourth-order valence-electron chi connectivity index (χ4n) is 5.72. The number of primary amides is 1. The topological polar surface area (TPSA) is 289 Å². The van der Waals surface area contributed by atoms with Gasteiger partial charge in [-0.2, -0.15) is 0 Å². The van der Waals surface area contributed by atoms with E-state index in [1.54, 1.807) is 27.1 Å². The number of likely N-dealkylation sites (N-methyl/N-ethyl adjacent to an activating group) is 1. The van der Waals surface area contributed by atoms with Crippen LogP contribution in [0.1, 0.15) is 58.1 Å². The number of nitrogens with two attached hydrogens (primary N) is 1. The third-order valence-corrected chi connectivity index (χ3v) is 8.89. The molecule has 324 valence electrons. The summed E-state index contributed by atoms with van der Waals surface area (Å²) < 4.78 is 12.9. The van der Waals surface area contributed by atoms with E-state index in [0.717, 1.165) is 16.7 Å². The maximum atomic E-state index is 13.0. The summed E-state index contributed by atoms with van der Waals surface area (Å²) in [4.78, 5) is 90.5. The van der Waals surface area contributed by atoms with Gasteiger partial charge in [-0.05, 0) is 50.4 Å². The number of ether oxygens (including phenoxy) is 2. The lowest BCUT2D eigenvalue weighted by atomic mass is 10.0. The molecule has 2 aromatic rings. The Bertz CT molecular complexity index is 1650. The number of aryl methyl sites for hydroxylation is 1. The molecule has 2 heterocycles. The van der Waals surface area contributed by atoms with E-state index in [-0.39, 0.29) is 77.5 Å². The van der Waals surface area contributed by atoms with E-state index in [0.29, 0.717) is 19.5 Å². The van der Waals surface area contributed by atoms with Crippen LogP contribution in [-0.4, -0.2) is 140 Å². The normalized spacial score (nSPS) is 12.7. The summed E-state index contributed by atoms with van der Waals surface area (Å²) in [5.41, 5.74) is 9.77. The van der Waals surface area contributed by atoms with E-state index in [4.69, 9.17) is 15.2 Å². The standard InChI is InChI=1S/C37H61N11O10/c1-24(2)32(36(55)45-27(34(53)39-3)9-7-15-43-37(38)56)46-30(50)13-18-57-20-21-58-19-16-42-35(54)28(10-11-31(51)52)44-29(49)12-17-48-26(23-47(5)40-4)22-25-8-6-14-41-33(25)48/h6,8,14,22,24,27-28,32,40H,7,9-13,15-21,23H2,1-5H3,(H,39,53)(H,42,54)(H,44,49)(H,45,55)(H,46,50)(H,51,52)(H3,38,43,56)/t27-,28-,32-/m0/s1. The summed E-state index contributed by atoms with van der Waals surface area (Å²) in [5, 5.41) is 27.6. The molecule has 21 heteroatoms. The van der Waals surface area contributed by atoms with Gasteiger partial charge in [-0.15, -0.1) is 0 Å². The third-order valence-electron chi connectivity index (χ3n) is 8.89. The Morgan fingerprint density at radius 1 is 0.845 bits per heavy atom. The largest absolute Gasteiger partial charge is 0.481 e. The smallest absolute Gasteiger partial charge is 0.312 e. The summed E-state index contributed by atoms with van der Waals surface area (Å²) >= 11 is 0. The van der Waals surface area contributed by atoms with Crippen molar-refractivity contribution in [1.29, 1.82) is 0 Å². The predicted molar refractivity (Wildman–Crippen MR) is 213 cm³/mol. The maximum Gasteiger partial charge on any atom is 0.312 e. The molecule has 2 rings (SSSR count). The van der Waals surface area contributed by atoms with Gasteiger partial charge in [0.2, 0.25) is 29.5 Å². The van der Waals surface area contributed by atoms with E-state index in [1.165, 1.54) is 7.05 Å². The molecule has 0 unspecified atom stereocenters. The number of carbonyl (C=O) groups excluding carboxylic acids is 6. The van der Waals surface area contributed by atoms with E-state index in [9.17, 15) is 38.7 Å². The van der Waals surface area contributed by atoms with Gasteiger partial charge < -0.3 is 56.8 Å². The molecule has 10 N–H and O–H groups in total. The minimum absolute atomic E-state index is 0.0332. The molecule has 0 bridgehead atoms. The van der Waals surface area contributed by atoms with Gasteiger partial charge in [0, 0.05) is 70.3 Å². The summed E-state index contributed by atoms with van der Waals surface area (Å²) in [6.07, 6.45) is 1.87. The van der Waals surface area contributed by atoms with Crippen molar-refractivity contribution < 1.29 is 48.1 Å². The van der Waals surface area contributed by atoms with E-state index in [2.05, 4.69) is 42.3 Å². The first-order valence-corrected chi connectivity index (χ1v) is 19.3. The first-order valence-electron chi connectivity index (χ1n) is 19.3. The van der Waals surface area contributed by atoms with Crippen LogP contribution in [0.3, 0.4) is 0 Å². The zero-order chi connectivity index (χ0) is 43.0. The number of fused-ring (bicyclic) bond motifs is 1. The Hall–Kier alpha value is -5.38. The van der Waals surface area contributed by atoms with Crippen LogP contribution in [0.5, 0.6) is 0 Å². The van der Waals surface area contributed by atoms with E-state index >= 15 is 0 Å². The molecule has 0 saturated heterocycles. The molecular weight excluding hydrogens is 758 g/mol. The molecule has 3 atom stereocenters. The van der Waals surface area contributed by atoms with Crippen LogP contribution in [-0.2, 0) is 51.3 Å². The van der Waals surface area contributed by atoms with Crippen molar-refractivity contribution in [2.45, 2.75) is 83.6 Å². The number of hydrogen-bond donors (Lipinski definition) is 9. The van der Waals surface area contributed by atoms with Crippen molar-refractivity contribution in [3.63, 3.8) is 0 Å². The number of urea groups is 1. The monoisotopic (exact) mass is 819 g/mol. The molecule has 0 saturated carbocycles. The van der Waals surface area contributed by atoms with Crippen LogP contribution >= 0.6 is 0 Å². The van der Waals surface area contributed by atoms with Gasteiger partial charge in [0.1, 0.15) is 23.8 Å². The van der Waals surface area contributed by atoms with Crippen LogP contribution in [0.2, 0.25) is 0 Å². The highest BCUT2D eigenvalue weighted by Crippen LogP contribution is 2.19. The lowest BCUT2D eigenvalue weighted by molar-refractivity contribution is -0.138. The number of aliphatic carboxylic acids is 1. The van der Waals surface area contributed by atoms with Gasteiger partial charge in [0.15, 0.2) is 0 Å². The van der Waals surface area contributed by atoms with Gasteiger partial charge in [-0.25, -0.2) is 14.8 Å². The van der Waals surface area contributed by atoms with Crippen LogP contribution in [0.15, 0.2) is 24.4 Å². The molecule has 0 aliphatic carbocycles. The zero-order valence-corrected chi connectivity index (χ0v) is 34.1. The second kappa shape index (κ2) is 26.5. The van der Waals surface area contributed by atoms with Crippen molar-refractivity contribution in [2.24, 2.45) is 11.7 Å². The highest BCUT2D eigenvalue weighted by atomic mass is 16.5. The Kier molecular flexibility index (Phi) is 22.3. The second-order valence-corrected chi connectivity index (χ2v) is 13.7. The van der Waals surface area contributed by atoms with Gasteiger partial charge >= 0.3 is 12.0 Å². The number of carbonyl (C=O) groups is 7. The van der Waals surface area contributed by atoms with Gasteiger partial charge in [0.05, 0.1) is 33.0 Å². The number of carboxylic acids is 1. The molecule has 58 heavy (non-hydrogen) atoms. The molecule has 2 aromatic heterocycles. The number of pyridine rings is 1. The SMILES string of the molecule is CNC(=O)[C@H](CCCNC(N)=O)NC(=O)[C@@H](NC(=O)CCOCCOCCNC(=O)[C@H](CCC(=O)O)NC(=O)CCn1c(CN(C)NC)cc2cccnc21)C(C)C. The molecule has 21 nitrogen and oxygen atoms in total. The number of carboxylic acid groups (broad SMARTS) is 1. The minimum atomic E-state index is -1.10. The summed E-state index contributed by atoms with van der Waals surface area (Å²) in [6, 6.07) is 2.23. The molecule has 0 aromatic carbocycles. The van der Waals surface area contributed by atoms with E-state index in [1.807, 2.05) is 34.8 Å². The predicted octanol–water partition coefficient (Wildman–Crippen LogP) is -1.30. The zero-order valence-electron chi connectivity index (χ0n) is 34.1. The maximum absolute atomic E-state index is 13.0. The number of rotatable bonds is 29.